The summed E-state index contributed by atoms with van der Waals surface area (Å²) in [4.78, 5) is 11.3. The van der Waals surface area contributed by atoms with Gasteiger partial charge in [0.1, 0.15) is 0 Å². The lowest BCUT2D eigenvalue weighted by Crippen LogP contribution is -2.43. The van der Waals surface area contributed by atoms with E-state index in [-0.39, 0.29) is 6.04 Å². The van der Waals surface area contributed by atoms with E-state index in [4.69, 9.17) is 5.73 Å². The largest absolute Gasteiger partial charge is 0.338 e. The quantitative estimate of drug-likeness (QED) is 0.889. The molecule has 18 heavy (non-hydrogen) atoms. The highest BCUT2D eigenvalue weighted by Crippen LogP contribution is 2.25. The minimum Gasteiger partial charge on any atom is -0.338 e. The Labute approximate surface area is 110 Å². The van der Waals surface area contributed by atoms with Crippen LogP contribution in [0.5, 0.6) is 0 Å². The molecule has 1 aromatic heterocycles. The van der Waals surface area contributed by atoms with Crippen molar-refractivity contribution in [1.29, 1.82) is 0 Å². The van der Waals surface area contributed by atoms with E-state index in [1.54, 1.807) is 0 Å². The molecule has 0 bridgehead atoms. The fourth-order valence-electron chi connectivity index (χ4n) is 2.59. The summed E-state index contributed by atoms with van der Waals surface area (Å²) in [6, 6.07) is 0.686. The molecule has 1 aliphatic heterocycles. The Hall–Kier alpha value is -1.16. The normalized spacial score (nSPS) is 26.1. The molecule has 1 saturated heterocycles. The fraction of sp³-hybridized carbons (Fsp3) is 0.714. The molecule has 0 aliphatic carbocycles. The number of nitrogens with zero attached hydrogens (tertiary/aromatic N) is 3. The average Bonchev–Trinajstić information content (AvgIpc) is 2.33. The van der Waals surface area contributed by atoms with Crippen molar-refractivity contribution in [3.63, 3.8) is 0 Å². The summed E-state index contributed by atoms with van der Waals surface area (Å²) in [5.41, 5.74) is 6.90. The van der Waals surface area contributed by atoms with Crippen LogP contribution in [0.2, 0.25) is 0 Å². The van der Waals surface area contributed by atoms with Crippen molar-refractivity contribution in [1.82, 2.24) is 9.97 Å². The highest BCUT2D eigenvalue weighted by molar-refractivity contribution is 5.32. The molecule has 100 valence electrons. The summed E-state index contributed by atoms with van der Waals surface area (Å²) >= 11 is 0. The molecule has 0 spiro atoms. The van der Waals surface area contributed by atoms with E-state index in [1.807, 2.05) is 19.3 Å². The zero-order chi connectivity index (χ0) is 13.1. The van der Waals surface area contributed by atoms with Gasteiger partial charge in [-0.2, -0.15) is 0 Å². The molecule has 3 atom stereocenters. The molecule has 1 fully saturated rings. The first-order chi connectivity index (χ1) is 8.58. The van der Waals surface area contributed by atoms with E-state index >= 15 is 0 Å². The lowest BCUT2D eigenvalue weighted by Gasteiger charge is -2.37. The minimum absolute atomic E-state index is 0.161. The molecule has 2 rings (SSSR count). The summed E-state index contributed by atoms with van der Waals surface area (Å²) in [5, 5.41) is 0. The standard InChI is InChI=1S/C14H24N4/c1-10-5-4-6-18(12(10)3)14-16-8-13(9-17-14)7-11(2)15/h8-12H,4-7,15H2,1-3H3. The van der Waals surface area contributed by atoms with Gasteiger partial charge in [0, 0.05) is 31.0 Å². The highest BCUT2D eigenvalue weighted by atomic mass is 15.3. The third-order valence-corrected chi connectivity index (χ3v) is 3.88. The second-order valence-electron chi connectivity index (χ2n) is 5.63. The van der Waals surface area contributed by atoms with Crippen LogP contribution in [0.25, 0.3) is 0 Å². The number of anilines is 1. The molecule has 0 aromatic carbocycles. The highest BCUT2D eigenvalue weighted by Gasteiger charge is 2.26. The van der Waals surface area contributed by atoms with Gasteiger partial charge < -0.3 is 10.6 Å². The molecule has 1 aromatic rings. The Bertz CT molecular complexity index is 374. The van der Waals surface area contributed by atoms with Gasteiger partial charge in [-0.3, -0.25) is 0 Å². The minimum atomic E-state index is 0.161. The van der Waals surface area contributed by atoms with Crippen LogP contribution in [-0.2, 0) is 6.42 Å². The molecular weight excluding hydrogens is 224 g/mol. The summed E-state index contributed by atoms with van der Waals surface area (Å²) in [7, 11) is 0. The molecule has 4 nitrogen and oxygen atoms in total. The van der Waals surface area contributed by atoms with E-state index in [2.05, 4.69) is 28.7 Å². The Morgan fingerprint density at radius 3 is 2.67 bits per heavy atom. The second-order valence-corrected chi connectivity index (χ2v) is 5.63. The first-order valence-corrected chi connectivity index (χ1v) is 6.91. The number of piperidine rings is 1. The molecular formula is C14H24N4. The van der Waals surface area contributed by atoms with E-state index in [0.717, 1.165) is 24.5 Å². The van der Waals surface area contributed by atoms with Gasteiger partial charge in [-0.1, -0.05) is 6.92 Å². The van der Waals surface area contributed by atoms with Crippen molar-refractivity contribution in [2.45, 2.75) is 52.1 Å². The van der Waals surface area contributed by atoms with Gasteiger partial charge in [-0.05, 0) is 44.6 Å². The fourth-order valence-corrected chi connectivity index (χ4v) is 2.59. The van der Waals surface area contributed by atoms with Crippen LogP contribution in [-0.4, -0.2) is 28.6 Å². The van der Waals surface area contributed by atoms with Gasteiger partial charge >= 0.3 is 0 Å². The third-order valence-electron chi connectivity index (χ3n) is 3.88. The number of rotatable bonds is 3. The van der Waals surface area contributed by atoms with Gasteiger partial charge in [0.2, 0.25) is 5.95 Å². The van der Waals surface area contributed by atoms with Crippen molar-refractivity contribution in [2.24, 2.45) is 11.7 Å². The maximum absolute atomic E-state index is 5.78. The van der Waals surface area contributed by atoms with Crippen molar-refractivity contribution >= 4 is 5.95 Å². The van der Waals surface area contributed by atoms with Crippen LogP contribution in [0.3, 0.4) is 0 Å². The Morgan fingerprint density at radius 1 is 1.39 bits per heavy atom. The van der Waals surface area contributed by atoms with Crippen LogP contribution in [0.1, 0.15) is 39.2 Å². The molecule has 2 N–H and O–H groups in total. The average molecular weight is 248 g/mol. The Balaban J connectivity index is 2.09. The van der Waals surface area contributed by atoms with Crippen molar-refractivity contribution < 1.29 is 0 Å². The van der Waals surface area contributed by atoms with Crippen molar-refractivity contribution in [2.75, 3.05) is 11.4 Å². The zero-order valence-electron chi connectivity index (χ0n) is 11.6. The molecule has 0 radical (unpaired) electrons. The predicted octanol–water partition coefficient (Wildman–Crippen LogP) is 1.99. The third kappa shape index (κ3) is 2.99. The number of hydrogen-bond acceptors (Lipinski definition) is 4. The maximum Gasteiger partial charge on any atom is 0.225 e. The van der Waals surface area contributed by atoms with Gasteiger partial charge in [0.05, 0.1) is 0 Å². The van der Waals surface area contributed by atoms with E-state index in [0.29, 0.717) is 12.0 Å². The lowest BCUT2D eigenvalue weighted by atomic mass is 9.92. The van der Waals surface area contributed by atoms with Crippen LogP contribution in [0.15, 0.2) is 12.4 Å². The molecule has 0 amide bonds. The van der Waals surface area contributed by atoms with Gasteiger partial charge in [-0.15, -0.1) is 0 Å². The first-order valence-electron chi connectivity index (χ1n) is 6.91. The molecule has 2 heterocycles. The SMILES string of the molecule is CC(N)Cc1cnc(N2CCCC(C)C2C)nc1. The van der Waals surface area contributed by atoms with Crippen LogP contribution in [0.4, 0.5) is 5.95 Å². The van der Waals surface area contributed by atoms with Gasteiger partial charge in [0.25, 0.3) is 0 Å². The topological polar surface area (TPSA) is 55.0 Å². The summed E-state index contributed by atoms with van der Waals surface area (Å²) < 4.78 is 0. The first kappa shape index (κ1) is 13.3. The molecule has 1 aliphatic rings. The van der Waals surface area contributed by atoms with Crippen LogP contribution < -0.4 is 10.6 Å². The monoisotopic (exact) mass is 248 g/mol. The number of hydrogen-bond donors (Lipinski definition) is 1. The van der Waals surface area contributed by atoms with Crippen LogP contribution >= 0.6 is 0 Å². The van der Waals surface area contributed by atoms with E-state index in [9.17, 15) is 0 Å². The number of nitrogens with two attached hydrogens (primary N) is 1. The van der Waals surface area contributed by atoms with E-state index < -0.39 is 0 Å². The molecule has 3 unspecified atom stereocenters. The molecule has 0 saturated carbocycles. The van der Waals surface area contributed by atoms with Crippen molar-refractivity contribution in [3.05, 3.63) is 18.0 Å². The summed E-state index contributed by atoms with van der Waals surface area (Å²) in [6.07, 6.45) is 7.21. The Kier molecular flexibility index (Phi) is 4.17. The molecule has 4 heteroatoms. The summed E-state index contributed by atoms with van der Waals surface area (Å²) in [5.74, 6) is 1.58. The predicted molar refractivity (Wildman–Crippen MR) is 74.6 cm³/mol. The number of aromatic nitrogens is 2. The maximum atomic E-state index is 5.78. The van der Waals surface area contributed by atoms with Gasteiger partial charge in [-0.25, -0.2) is 9.97 Å². The smallest absolute Gasteiger partial charge is 0.225 e. The second kappa shape index (κ2) is 5.65. The Morgan fingerprint density at radius 2 is 2.06 bits per heavy atom. The van der Waals surface area contributed by atoms with Gasteiger partial charge in [0.15, 0.2) is 0 Å². The van der Waals surface area contributed by atoms with Crippen LogP contribution in [0, 0.1) is 5.92 Å². The lowest BCUT2D eigenvalue weighted by molar-refractivity contribution is 0.359. The van der Waals surface area contributed by atoms with E-state index in [1.165, 1.54) is 12.8 Å². The van der Waals surface area contributed by atoms with Crippen molar-refractivity contribution in [3.8, 4) is 0 Å². The zero-order valence-corrected chi connectivity index (χ0v) is 11.6. The summed E-state index contributed by atoms with van der Waals surface area (Å²) in [6.45, 7) is 7.64.